The molecule has 0 saturated heterocycles. The molecule has 0 fully saturated rings. The minimum Gasteiger partial charge on any atom is -0.481 e. The number of carbonyl (C=O) groups is 1. The third-order valence-electron chi connectivity index (χ3n) is 3.39. The van der Waals surface area contributed by atoms with E-state index in [0.717, 1.165) is 11.1 Å². The lowest BCUT2D eigenvalue weighted by atomic mass is 10.0. The molecule has 106 valence electrons. The van der Waals surface area contributed by atoms with E-state index in [9.17, 15) is 4.79 Å². The smallest absolute Gasteiger partial charge is 0.303 e. The standard InChI is InChI=1S/C14H18N4O2/c1-9(7-13(19)20)8-18-14(15-16-17-18)12-6-4-5-10(2)11(12)3/h4-6,9H,7-8H2,1-3H3,(H,19,20). The number of carboxylic acids is 1. The number of hydrogen-bond donors (Lipinski definition) is 1. The summed E-state index contributed by atoms with van der Waals surface area (Å²) in [5.74, 6) is -0.151. The van der Waals surface area contributed by atoms with Gasteiger partial charge in [0.05, 0.1) is 0 Å². The molecule has 2 aromatic rings. The zero-order valence-electron chi connectivity index (χ0n) is 11.9. The van der Waals surface area contributed by atoms with Crippen LogP contribution in [0.5, 0.6) is 0 Å². The van der Waals surface area contributed by atoms with Gasteiger partial charge in [0, 0.05) is 18.5 Å². The summed E-state index contributed by atoms with van der Waals surface area (Å²) in [6, 6.07) is 5.99. The van der Waals surface area contributed by atoms with Crippen LogP contribution >= 0.6 is 0 Å². The Morgan fingerprint density at radius 2 is 2.15 bits per heavy atom. The van der Waals surface area contributed by atoms with Gasteiger partial charge in [-0.1, -0.05) is 25.1 Å². The molecule has 0 saturated carbocycles. The summed E-state index contributed by atoms with van der Waals surface area (Å²) in [5.41, 5.74) is 3.29. The van der Waals surface area contributed by atoms with Crippen LogP contribution in [0.1, 0.15) is 24.5 Å². The lowest BCUT2D eigenvalue weighted by Crippen LogP contribution is -2.14. The maximum atomic E-state index is 10.7. The first-order chi connectivity index (χ1) is 9.49. The van der Waals surface area contributed by atoms with Crippen molar-refractivity contribution in [1.82, 2.24) is 20.2 Å². The fraction of sp³-hybridized carbons (Fsp3) is 0.429. The van der Waals surface area contributed by atoms with Crippen molar-refractivity contribution in [3.8, 4) is 11.4 Å². The van der Waals surface area contributed by atoms with Crippen LogP contribution in [0.2, 0.25) is 0 Å². The Kier molecular flexibility index (Phi) is 4.12. The highest BCUT2D eigenvalue weighted by Crippen LogP contribution is 2.23. The Balaban J connectivity index is 2.29. The quantitative estimate of drug-likeness (QED) is 0.902. The van der Waals surface area contributed by atoms with Crippen molar-refractivity contribution in [3.05, 3.63) is 29.3 Å². The molecule has 20 heavy (non-hydrogen) atoms. The first-order valence-electron chi connectivity index (χ1n) is 6.53. The summed E-state index contributed by atoms with van der Waals surface area (Å²) in [6.07, 6.45) is 0.103. The zero-order chi connectivity index (χ0) is 14.7. The van der Waals surface area contributed by atoms with Gasteiger partial charge in [-0.3, -0.25) is 4.79 Å². The molecule has 1 N–H and O–H groups in total. The van der Waals surface area contributed by atoms with E-state index in [4.69, 9.17) is 5.11 Å². The molecule has 1 heterocycles. The number of hydrogen-bond acceptors (Lipinski definition) is 4. The van der Waals surface area contributed by atoms with Gasteiger partial charge >= 0.3 is 5.97 Å². The van der Waals surface area contributed by atoms with Crippen molar-refractivity contribution in [2.75, 3.05) is 0 Å². The van der Waals surface area contributed by atoms with E-state index in [1.165, 1.54) is 5.56 Å². The topological polar surface area (TPSA) is 80.9 Å². The molecule has 2 rings (SSSR count). The van der Waals surface area contributed by atoms with Crippen molar-refractivity contribution < 1.29 is 9.90 Å². The number of aryl methyl sites for hydroxylation is 1. The minimum atomic E-state index is -0.807. The van der Waals surface area contributed by atoms with E-state index in [1.54, 1.807) is 4.68 Å². The summed E-state index contributed by atoms with van der Waals surface area (Å²) < 4.78 is 1.68. The van der Waals surface area contributed by atoms with Crippen LogP contribution in [0.4, 0.5) is 0 Å². The predicted molar refractivity (Wildman–Crippen MR) is 74.1 cm³/mol. The second kappa shape index (κ2) is 5.81. The first-order valence-corrected chi connectivity index (χ1v) is 6.53. The number of carboxylic acid groups (broad SMARTS) is 1. The molecule has 0 aliphatic carbocycles. The highest BCUT2D eigenvalue weighted by Gasteiger charge is 2.15. The zero-order valence-corrected chi connectivity index (χ0v) is 11.9. The summed E-state index contributed by atoms with van der Waals surface area (Å²) in [5, 5.41) is 20.6. The van der Waals surface area contributed by atoms with Gasteiger partial charge in [-0.05, 0) is 41.3 Å². The molecule has 0 amide bonds. The van der Waals surface area contributed by atoms with E-state index in [1.807, 2.05) is 39.0 Å². The highest BCUT2D eigenvalue weighted by molar-refractivity contribution is 5.67. The van der Waals surface area contributed by atoms with Crippen LogP contribution in [0.15, 0.2) is 18.2 Å². The number of aliphatic carboxylic acids is 1. The Bertz CT molecular complexity index is 621. The van der Waals surface area contributed by atoms with Crippen LogP contribution in [-0.2, 0) is 11.3 Å². The second-order valence-electron chi connectivity index (χ2n) is 5.14. The van der Waals surface area contributed by atoms with Crippen LogP contribution in [-0.4, -0.2) is 31.3 Å². The molecule has 0 aliphatic heterocycles. The Morgan fingerprint density at radius 3 is 2.85 bits per heavy atom. The van der Waals surface area contributed by atoms with Crippen molar-refractivity contribution in [1.29, 1.82) is 0 Å². The van der Waals surface area contributed by atoms with Crippen molar-refractivity contribution in [3.63, 3.8) is 0 Å². The van der Waals surface area contributed by atoms with Crippen LogP contribution in [0.3, 0.4) is 0 Å². The van der Waals surface area contributed by atoms with Gasteiger partial charge in [-0.2, -0.15) is 0 Å². The SMILES string of the molecule is Cc1cccc(-c2nnnn2CC(C)CC(=O)O)c1C. The van der Waals surface area contributed by atoms with E-state index >= 15 is 0 Å². The summed E-state index contributed by atoms with van der Waals surface area (Å²) in [7, 11) is 0. The Hall–Kier alpha value is -2.24. The van der Waals surface area contributed by atoms with Gasteiger partial charge < -0.3 is 5.11 Å². The van der Waals surface area contributed by atoms with Gasteiger partial charge in [-0.25, -0.2) is 4.68 Å². The molecule has 1 aromatic carbocycles. The molecule has 1 unspecified atom stereocenters. The fourth-order valence-electron chi connectivity index (χ4n) is 2.17. The summed E-state index contributed by atoms with van der Waals surface area (Å²) >= 11 is 0. The second-order valence-corrected chi connectivity index (χ2v) is 5.14. The molecular formula is C14H18N4O2. The molecule has 0 bridgehead atoms. The fourth-order valence-corrected chi connectivity index (χ4v) is 2.17. The average molecular weight is 274 g/mol. The average Bonchev–Trinajstić information content (AvgIpc) is 2.79. The van der Waals surface area contributed by atoms with Gasteiger partial charge in [0.1, 0.15) is 0 Å². The third kappa shape index (κ3) is 3.01. The lowest BCUT2D eigenvalue weighted by molar-refractivity contribution is -0.138. The maximum absolute atomic E-state index is 10.7. The predicted octanol–water partition coefficient (Wildman–Crippen LogP) is 2.07. The summed E-state index contributed by atoms with van der Waals surface area (Å²) in [4.78, 5) is 10.7. The largest absolute Gasteiger partial charge is 0.481 e. The Morgan fingerprint density at radius 1 is 1.40 bits per heavy atom. The molecule has 0 radical (unpaired) electrons. The van der Waals surface area contributed by atoms with E-state index in [0.29, 0.717) is 12.4 Å². The molecule has 6 nitrogen and oxygen atoms in total. The highest BCUT2D eigenvalue weighted by atomic mass is 16.4. The van der Waals surface area contributed by atoms with Gasteiger partial charge in [-0.15, -0.1) is 5.10 Å². The lowest BCUT2D eigenvalue weighted by Gasteiger charge is -2.12. The minimum absolute atomic E-state index is 0.0279. The third-order valence-corrected chi connectivity index (χ3v) is 3.39. The van der Waals surface area contributed by atoms with Crippen molar-refractivity contribution >= 4 is 5.97 Å². The maximum Gasteiger partial charge on any atom is 0.303 e. The van der Waals surface area contributed by atoms with Gasteiger partial charge in [0.2, 0.25) is 0 Å². The van der Waals surface area contributed by atoms with Gasteiger partial charge in [0.15, 0.2) is 5.82 Å². The monoisotopic (exact) mass is 274 g/mol. The normalized spacial score (nSPS) is 12.3. The van der Waals surface area contributed by atoms with E-state index < -0.39 is 5.97 Å². The van der Waals surface area contributed by atoms with E-state index in [-0.39, 0.29) is 12.3 Å². The Labute approximate surface area is 117 Å². The molecule has 0 aliphatic rings. The van der Waals surface area contributed by atoms with E-state index in [2.05, 4.69) is 15.5 Å². The molecule has 6 heteroatoms. The first kappa shape index (κ1) is 14.2. The number of benzene rings is 1. The number of nitrogens with zero attached hydrogens (tertiary/aromatic N) is 4. The number of tetrazole rings is 1. The number of aromatic nitrogens is 4. The van der Waals surface area contributed by atoms with Crippen LogP contribution < -0.4 is 0 Å². The van der Waals surface area contributed by atoms with Gasteiger partial charge in [0.25, 0.3) is 0 Å². The van der Waals surface area contributed by atoms with Crippen molar-refractivity contribution in [2.24, 2.45) is 5.92 Å². The van der Waals surface area contributed by atoms with Crippen LogP contribution in [0.25, 0.3) is 11.4 Å². The molecule has 1 atom stereocenters. The summed E-state index contributed by atoms with van der Waals surface area (Å²) in [6.45, 7) is 6.44. The molecule has 0 spiro atoms. The van der Waals surface area contributed by atoms with Crippen LogP contribution in [0, 0.1) is 19.8 Å². The van der Waals surface area contributed by atoms with Crippen molar-refractivity contribution in [2.45, 2.75) is 33.7 Å². The molecular weight excluding hydrogens is 256 g/mol. The molecule has 1 aromatic heterocycles. The number of rotatable bonds is 5.